The van der Waals surface area contributed by atoms with Crippen molar-refractivity contribution in [2.75, 3.05) is 11.5 Å². The quantitative estimate of drug-likeness (QED) is 0.864. The third-order valence-electron chi connectivity index (χ3n) is 3.04. The SMILES string of the molecule is CC1CCS(=O)(=O)CC(c2ccc(Br)cc2)N1. The summed E-state index contributed by atoms with van der Waals surface area (Å²) in [5.74, 6) is 0.479. The highest BCUT2D eigenvalue weighted by Crippen LogP contribution is 2.22. The van der Waals surface area contributed by atoms with Crippen LogP contribution in [-0.4, -0.2) is 26.0 Å². The van der Waals surface area contributed by atoms with Gasteiger partial charge in [0.1, 0.15) is 0 Å². The smallest absolute Gasteiger partial charge is 0.152 e. The fraction of sp³-hybridized carbons (Fsp3) is 0.500. The molecule has 0 aromatic heterocycles. The van der Waals surface area contributed by atoms with Crippen LogP contribution in [0.15, 0.2) is 28.7 Å². The second kappa shape index (κ2) is 5.08. The molecule has 2 unspecified atom stereocenters. The molecule has 1 aliphatic rings. The van der Waals surface area contributed by atoms with Crippen molar-refractivity contribution in [3.05, 3.63) is 34.3 Å². The lowest BCUT2D eigenvalue weighted by molar-refractivity contribution is 0.484. The predicted octanol–water partition coefficient (Wildman–Crippen LogP) is 2.29. The summed E-state index contributed by atoms with van der Waals surface area (Å²) >= 11 is 3.38. The highest BCUT2D eigenvalue weighted by atomic mass is 79.9. The molecule has 1 heterocycles. The average molecular weight is 318 g/mol. The Bertz CT molecular complexity index is 484. The molecule has 1 saturated heterocycles. The van der Waals surface area contributed by atoms with Crippen LogP contribution in [0.4, 0.5) is 0 Å². The van der Waals surface area contributed by atoms with E-state index in [0.717, 1.165) is 10.0 Å². The first-order valence-corrected chi connectivity index (χ1v) is 8.30. The van der Waals surface area contributed by atoms with Gasteiger partial charge >= 0.3 is 0 Å². The lowest BCUT2D eigenvalue weighted by atomic mass is 10.1. The predicted molar refractivity (Wildman–Crippen MR) is 72.8 cm³/mol. The first-order valence-electron chi connectivity index (χ1n) is 5.68. The molecule has 0 aliphatic carbocycles. The maximum absolute atomic E-state index is 11.8. The van der Waals surface area contributed by atoms with E-state index >= 15 is 0 Å². The number of hydrogen-bond acceptors (Lipinski definition) is 3. The number of nitrogens with one attached hydrogen (secondary N) is 1. The minimum absolute atomic E-state index is 0.0920. The monoisotopic (exact) mass is 317 g/mol. The summed E-state index contributed by atoms with van der Waals surface area (Å²) in [4.78, 5) is 0. The molecule has 1 fully saturated rings. The van der Waals surface area contributed by atoms with Gasteiger partial charge in [0.05, 0.1) is 11.5 Å². The van der Waals surface area contributed by atoms with E-state index in [9.17, 15) is 8.42 Å². The molecular formula is C12H16BrNO2S. The zero-order chi connectivity index (χ0) is 12.5. The van der Waals surface area contributed by atoms with Crippen molar-refractivity contribution < 1.29 is 8.42 Å². The molecule has 2 rings (SSSR count). The van der Waals surface area contributed by atoms with Gasteiger partial charge in [-0.15, -0.1) is 0 Å². The molecule has 0 spiro atoms. The van der Waals surface area contributed by atoms with E-state index in [1.54, 1.807) is 0 Å². The molecule has 0 bridgehead atoms. The number of benzene rings is 1. The van der Waals surface area contributed by atoms with Crippen LogP contribution >= 0.6 is 15.9 Å². The summed E-state index contributed by atoms with van der Waals surface area (Å²) in [5, 5.41) is 3.38. The van der Waals surface area contributed by atoms with Gasteiger partial charge in [0.15, 0.2) is 9.84 Å². The van der Waals surface area contributed by atoms with Crippen LogP contribution in [0.2, 0.25) is 0 Å². The lowest BCUT2D eigenvalue weighted by Gasteiger charge is -2.19. The molecule has 1 aromatic carbocycles. The standard InChI is InChI=1S/C12H16BrNO2S/c1-9-6-7-17(15,16)8-12(14-9)10-2-4-11(13)5-3-10/h2-5,9,12,14H,6-8H2,1H3. The minimum Gasteiger partial charge on any atom is -0.307 e. The number of sulfone groups is 1. The van der Waals surface area contributed by atoms with Gasteiger partial charge < -0.3 is 5.32 Å². The van der Waals surface area contributed by atoms with E-state index in [0.29, 0.717) is 6.42 Å². The molecule has 5 heteroatoms. The molecule has 1 aliphatic heterocycles. The van der Waals surface area contributed by atoms with Gasteiger partial charge in [-0.05, 0) is 31.0 Å². The zero-order valence-corrected chi connectivity index (χ0v) is 12.1. The van der Waals surface area contributed by atoms with Crippen molar-refractivity contribution in [1.29, 1.82) is 0 Å². The number of hydrogen-bond donors (Lipinski definition) is 1. The van der Waals surface area contributed by atoms with Gasteiger partial charge in [0, 0.05) is 16.6 Å². The van der Waals surface area contributed by atoms with Gasteiger partial charge in [-0.1, -0.05) is 28.1 Å². The van der Waals surface area contributed by atoms with Crippen LogP contribution in [0.3, 0.4) is 0 Å². The van der Waals surface area contributed by atoms with Crippen LogP contribution < -0.4 is 5.32 Å². The van der Waals surface area contributed by atoms with E-state index in [1.807, 2.05) is 31.2 Å². The molecule has 3 nitrogen and oxygen atoms in total. The fourth-order valence-corrected chi connectivity index (χ4v) is 4.00. The van der Waals surface area contributed by atoms with Crippen molar-refractivity contribution in [3.63, 3.8) is 0 Å². The Balaban J connectivity index is 2.26. The summed E-state index contributed by atoms with van der Waals surface area (Å²) < 4.78 is 24.6. The molecule has 17 heavy (non-hydrogen) atoms. The molecule has 94 valence electrons. The molecule has 0 saturated carbocycles. The first-order chi connectivity index (χ1) is 7.96. The van der Waals surface area contributed by atoms with Crippen LogP contribution in [0.1, 0.15) is 24.9 Å². The van der Waals surface area contributed by atoms with Crippen molar-refractivity contribution >= 4 is 25.8 Å². The summed E-state index contributed by atoms with van der Waals surface area (Å²) in [7, 11) is -2.93. The maximum Gasteiger partial charge on any atom is 0.152 e. The normalized spacial score (nSPS) is 28.6. The van der Waals surface area contributed by atoms with Gasteiger partial charge in [-0.25, -0.2) is 8.42 Å². The number of rotatable bonds is 1. The van der Waals surface area contributed by atoms with Crippen molar-refractivity contribution in [1.82, 2.24) is 5.32 Å². The Hall–Kier alpha value is -0.390. The highest BCUT2D eigenvalue weighted by molar-refractivity contribution is 9.10. The number of halogens is 1. The second-order valence-corrected chi connectivity index (χ2v) is 7.72. The molecule has 1 aromatic rings. The summed E-state index contributed by atoms with van der Waals surface area (Å²) in [6, 6.07) is 7.97. The molecule has 2 atom stereocenters. The second-order valence-electron chi connectivity index (χ2n) is 4.57. The third-order valence-corrected chi connectivity index (χ3v) is 5.27. The first kappa shape index (κ1) is 13.1. The van der Waals surface area contributed by atoms with Crippen molar-refractivity contribution in [2.45, 2.75) is 25.4 Å². The molecule has 0 amide bonds. The van der Waals surface area contributed by atoms with Crippen LogP contribution in [0.5, 0.6) is 0 Å². The summed E-state index contributed by atoms with van der Waals surface area (Å²) in [6.07, 6.45) is 0.690. The van der Waals surface area contributed by atoms with Crippen molar-refractivity contribution in [3.8, 4) is 0 Å². The average Bonchev–Trinajstić information content (AvgIpc) is 2.39. The van der Waals surface area contributed by atoms with Gasteiger partial charge in [0.2, 0.25) is 0 Å². The van der Waals surface area contributed by atoms with E-state index in [2.05, 4.69) is 21.2 Å². The molecule has 1 N–H and O–H groups in total. The summed E-state index contributed by atoms with van der Waals surface area (Å²) in [6.45, 7) is 2.03. The van der Waals surface area contributed by atoms with Gasteiger partial charge in [-0.3, -0.25) is 0 Å². The Kier molecular flexibility index (Phi) is 3.90. The van der Waals surface area contributed by atoms with Gasteiger partial charge in [-0.2, -0.15) is 0 Å². The Labute approximate surface area is 111 Å². The maximum atomic E-state index is 11.8. The highest BCUT2D eigenvalue weighted by Gasteiger charge is 2.26. The fourth-order valence-electron chi connectivity index (χ4n) is 2.06. The van der Waals surface area contributed by atoms with Crippen LogP contribution in [-0.2, 0) is 9.84 Å². The van der Waals surface area contributed by atoms with E-state index < -0.39 is 9.84 Å². The van der Waals surface area contributed by atoms with E-state index in [4.69, 9.17) is 0 Å². The Morgan fingerprint density at radius 2 is 1.94 bits per heavy atom. The third kappa shape index (κ3) is 3.53. The Morgan fingerprint density at radius 1 is 1.29 bits per heavy atom. The largest absolute Gasteiger partial charge is 0.307 e. The van der Waals surface area contributed by atoms with E-state index in [-0.39, 0.29) is 23.6 Å². The molecule has 0 radical (unpaired) electrons. The zero-order valence-electron chi connectivity index (χ0n) is 9.69. The molecular weight excluding hydrogens is 302 g/mol. The van der Waals surface area contributed by atoms with E-state index in [1.165, 1.54) is 0 Å². The Morgan fingerprint density at radius 3 is 2.59 bits per heavy atom. The minimum atomic E-state index is -2.93. The van der Waals surface area contributed by atoms with Gasteiger partial charge in [0.25, 0.3) is 0 Å². The van der Waals surface area contributed by atoms with Crippen LogP contribution in [0, 0.1) is 0 Å². The van der Waals surface area contributed by atoms with Crippen molar-refractivity contribution in [2.24, 2.45) is 0 Å². The van der Waals surface area contributed by atoms with Crippen LogP contribution in [0.25, 0.3) is 0 Å². The lowest BCUT2D eigenvalue weighted by Crippen LogP contribution is -2.30. The summed E-state index contributed by atoms with van der Waals surface area (Å²) in [5.41, 5.74) is 1.03. The topological polar surface area (TPSA) is 46.2 Å².